The monoisotopic (exact) mass is 392 g/mol. The Morgan fingerprint density at radius 1 is 1.17 bits per heavy atom. The molecule has 3 aromatic rings. The number of aromatic amines is 1. The number of aromatic nitrogens is 1. The van der Waals surface area contributed by atoms with Crippen molar-refractivity contribution in [1.29, 1.82) is 0 Å². The van der Waals surface area contributed by atoms with Crippen molar-refractivity contribution >= 4 is 16.8 Å². The Labute approximate surface area is 169 Å². The van der Waals surface area contributed by atoms with Crippen LogP contribution in [-0.4, -0.2) is 41.1 Å². The minimum Gasteiger partial charge on any atom is -0.374 e. The topological polar surface area (TPSA) is 45.3 Å². The van der Waals surface area contributed by atoms with E-state index in [2.05, 4.69) is 4.98 Å². The zero-order chi connectivity index (χ0) is 19.8. The van der Waals surface area contributed by atoms with E-state index < -0.39 is 0 Å². The van der Waals surface area contributed by atoms with Crippen LogP contribution in [0.15, 0.2) is 48.5 Å². The molecule has 1 aromatic heterocycles. The van der Waals surface area contributed by atoms with Crippen LogP contribution in [-0.2, 0) is 16.0 Å². The lowest BCUT2D eigenvalue weighted by Crippen LogP contribution is -2.51. The summed E-state index contributed by atoms with van der Waals surface area (Å²) in [5.74, 6) is -0.0828. The van der Waals surface area contributed by atoms with Crippen molar-refractivity contribution in [1.82, 2.24) is 9.88 Å². The smallest absolute Gasteiger partial charge is 0.223 e. The van der Waals surface area contributed by atoms with E-state index in [-0.39, 0.29) is 23.9 Å². The quantitative estimate of drug-likeness (QED) is 0.700. The van der Waals surface area contributed by atoms with E-state index in [4.69, 9.17) is 4.74 Å². The molecule has 2 aliphatic rings. The molecule has 150 valence electrons. The number of amides is 1. The van der Waals surface area contributed by atoms with Crippen LogP contribution in [0.4, 0.5) is 4.39 Å². The van der Waals surface area contributed by atoms with Gasteiger partial charge in [0.05, 0.1) is 18.8 Å². The largest absolute Gasteiger partial charge is 0.374 e. The van der Waals surface area contributed by atoms with Gasteiger partial charge in [0.1, 0.15) is 5.82 Å². The number of nitrogens with zero attached hydrogens (tertiary/aromatic N) is 1. The minimum atomic E-state index is -0.259. The summed E-state index contributed by atoms with van der Waals surface area (Å²) in [6.45, 7) is 1.30. The fraction of sp³-hybridized carbons (Fsp3) is 0.375. The number of hydrogen-bond acceptors (Lipinski definition) is 2. The van der Waals surface area contributed by atoms with Gasteiger partial charge in [-0.15, -0.1) is 0 Å². The van der Waals surface area contributed by atoms with Crippen LogP contribution in [0.5, 0.6) is 0 Å². The highest BCUT2D eigenvalue weighted by Crippen LogP contribution is 2.33. The number of fused-ring (bicyclic) bond motifs is 2. The first-order valence-corrected chi connectivity index (χ1v) is 10.5. The second-order valence-corrected chi connectivity index (χ2v) is 8.03. The number of rotatable bonds is 4. The number of hydrogen-bond donors (Lipinski definition) is 1. The molecular formula is C24H25FN2O2. The second kappa shape index (κ2) is 7.64. The first-order chi connectivity index (χ1) is 14.2. The van der Waals surface area contributed by atoms with E-state index in [9.17, 15) is 9.18 Å². The Morgan fingerprint density at radius 3 is 2.90 bits per heavy atom. The Balaban J connectivity index is 1.43. The van der Waals surface area contributed by atoms with Gasteiger partial charge in [0.15, 0.2) is 0 Å². The lowest BCUT2D eigenvalue weighted by atomic mass is 10.00. The number of aryl methyl sites for hydroxylation is 1. The predicted octanol–water partition coefficient (Wildman–Crippen LogP) is 4.69. The third-order valence-electron chi connectivity index (χ3n) is 6.32. The van der Waals surface area contributed by atoms with Crippen molar-refractivity contribution < 1.29 is 13.9 Å². The maximum absolute atomic E-state index is 14.0. The van der Waals surface area contributed by atoms with Crippen molar-refractivity contribution in [3.63, 3.8) is 0 Å². The summed E-state index contributed by atoms with van der Waals surface area (Å²) < 4.78 is 19.8. The fourth-order valence-corrected chi connectivity index (χ4v) is 4.94. The number of carbonyl (C=O) groups is 1. The van der Waals surface area contributed by atoms with Gasteiger partial charge in [-0.2, -0.15) is 0 Å². The van der Waals surface area contributed by atoms with E-state index in [1.807, 2.05) is 35.2 Å². The molecule has 0 radical (unpaired) electrons. The third kappa shape index (κ3) is 3.44. The van der Waals surface area contributed by atoms with Gasteiger partial charge in [-0.25, -0.2) is 4.39 Å². The molecule has 1 aliphatic heterocycles. The van der Waals surface area contributed by atoms with Gasteiger partial charge in [-0.05, 0) is 55.0 Å². The SMILES string of the molecule is O=C(CCc1c(-c2ccccc2)[nH]c2ccc(F)cc12)N1CCO[C@H]2CCC[C@@H]21. The van der Waals surface area contributed by atoms with Gasteiger partial charge in [0, 0.05) is 29.6 Å². The lowest BCUT2D eigenvalue weighted by Gasteiger charge is -2.37. The summed E-state index contributed by atoms with van der Waals surface area (Å²) in [4.78, 5) is 18.5. The van der Waals surface area contributed by atoms with E-state index >= 15 is 0 Å². The number of benzene rings is 2. The fourth-order valence-electron chi connectivity index (χ4n) is 4.94. The van der Waals surface area contributed by atoms with E-state index in [1.54, 1.807) is 12.1 Å². The van der Waals surface area contributed by atoms with Crippen LogP contribution in [0.3, 0.4) is 0 Å². The van der Waals surface area contributed by atoms with Crippen LogP contribution in [0.25, 0.3) is 22.2 Å². The molecule has 2 atom stereocenters. The lowest BCUT2D eigenvalue weighted by molar-refractivity contribution is -0.143. The summed E-state index contributed by atoms with van der Waals surface area (Å²) in [6, 6.07) is 15.1. The molecule has 1 amide bonds. The molecule has 0 bridgehead atoms. The molecule has 1 N–H and O–H groups in total. The Morgan fingerprint density at radius 2 is 2.03 bits per heavy atom. The molecule has 5 heteroatoms. The zero-order valence-corrected chi connectivity index (χ0v) is 16.4. The number of H-pyrrole nitrogens is 1. The maximum atomic E-state index is 14.0. The summed E-state index contributed by atoms with van der Waals surface area (Å²) in [6.07, 6.45) is 4.42. The van der Waals surface area contributed by atoms with Crippen molar-refractivity contribution in [2.75, 3.05) is 13.2 Å². The van der Waals surface area contributed by atoms with E-state index in [0.717, 1.165) is 47.0 Å². The van der Waals surface area contributed by atoms with Crippen LogP contribution in [0.1, 0.15) is 31.2 Å². The average molecular weight is 392 g/mol. The van der Waals surface area contributed by atoms with Crippen LogP contribution < -0.4 is 0 Å². The highest BCUT2D eigenvalue weighted by atomic mass is 19.1. The number of nitrogens with one attached hydrogen (secondary N) is 1. The van der Waals surface area contributed by atoms with Crippen molar-refractivity contribution in [3.8, 4) is 11.3 Å². The van der Waals surface area contributed by atoms with Gasteiger partial charge < -0.3 is 14.6 Å². The zero-order valence-electron chi connectivity index (χ0n) is 16.4. The maximum Gasteiger partial charge on any atom is 0.223 e. The number of halogens is 1. The standard InChI is InChI=1S/C24H25FN2O2/c25-17-9-11-20-19(15-17)18(24(26-20)16-5-2-1-3-6-16)10-12-23(28)27-13-14-29-22-8-4-7-21(22)27/h1-3,5-6,9,11,15,21-22,26H,4,7-8,10,12-14H2/t21-,22-/m0/s1. The molecule has 1 saturated heterocycles. The normalized spacial score (nSPS) is 21.5. The predicted molar refractivity (Wildman–Crippen MR) is 111 cm³/mol. The van der Waals surface area contributed by atoms with E-state index in [0.29, 0.717) is 26.0 Å². The van der Waals surface area contributed by atoms with Gasteiger partial charge in [0.25, 0.3) is 0 Å². The molecule has 2 aromatic carbocycles. The Bertz CT molecular complexity index is 1030. The van der Waals surface area contributed by atoms with Crippen LogP contribution in [0, 0.1) is 5.82 Å². The number of carbonyl (C=O) groups excluding carboxylic acids is 1. The molecule has 5 rings (SSSR count). The Hall–Kier alpha value is -2.66. The van der Waals surface area contributed by atoms with E-state index in [1.165, 1.54) is 6.07 Å². The van der Waals surface area contributed by atoms with Crippen LogP contribution in [0.2, 0.25) is 0 Å². The highest BCUT2D eigenvalue weighted by Gasteiger charge is 2.38. The van der Waals surface area contributed by atoms with Gasteiger partial charge >= 0.3 is 0 Å². The molecule has 0 spiro atoms. The first-order valence-electron chi connectivity index (χ1n) is 10.5. The van der Waals surface area contributed by atoms with Gasteiger partial charge in [0.2, 0.25) is 5.91 Å². The van der Waals surface area contributed by atoms with Crippen LogP contribution >= 0.6 is 0 Å². The van der Waals surface area contributed by atoms with Crippen molar-refractivity contribution in [3.05, 3.63) is 59.9 Å². The molecule has 0 unspecified atom stereocenters. The minimum absolute atomic E-state index is 0.176. The summed E-state index contributed by atoms with van der Waals surface area (Å²) in [7, 11) is 0. The molecular weight excluding hydrogens is 367 g/mol. The van der Waals surface area contributed by atoms with Gasteiger partial charge in [-0.3, -0.25) is 4.79 Å². The second-order valence-electron chi connectivity index (χ2n) is 8.03. The summed E-state index contributed by atoms with van der Waals surface area (Å²) in [5, 5.41) is 0.859. The summed E-state index contributed by atoms with van der Waals surface area (Å²) in [5.41, 5.74) is 3.93. The molecule has 4 nitrogen and oxygen atoms in total. The average Bonchev–Trinajstić information content (AvgIpc) is 3.37. The van der Waals surface area contributed by atoms with Gasteiger partial charge in [-0.1, -0.05) is 30.3 Å². The molecule has 1 saturated carbocycles. The Kier molecular flexibility index (Phi) is 4.84. The highest BCUT2D eigenvalue weighted by molar-refractivity contribution is 5.91. The third-order valence-corrected chi connectivity index (χ3v) is 6.32. The molecule has 2 heterocycles. The number of ether oxygens (including phenoxy) is 1. The van der Waals surface area contributed by atoms with Crippen molar-refractivity contribution in [2.45, 2.75) is 44.2 Å². The number of morpholine rings is 1. The summed E-state index contributed by atoms with van der Waals surface area (Å²) >= 11 is 0. The molecule has 2 fully saturated rings. The first kappa shape index (κ1) is 18.4. The molecule has 29 heavy (non-hydrogen) atoms. The van der Waals surface area contributed by atoms with Crippen molar-refractivity contribution in [2.24, 2.45) is 0 Å². The molecule has 1 aliphatic carbocycles.